The molecule has 0 radical (unpaired) electrons. The molecule has 2 aromatic rings. The van der Waals surface area contributed by atoms with Crippen LogP contribution in [-0.4, -0.2) is 3.76 Å². The zero-order valence-electron chi connectivity index (χ0n) is 6.84. The molecule has 0 aliphatic rings. The molecule has 1 nitrogen and oxygen atoms in total. The maximum atomic E-state index is 4.10. The number of nitrogens with zero attached hydrogens (tertiary/aromatic N) is 1. The van der Waals surface area contributed by atoms with E-state index in [1.165, 1.54) is 21.3 Å². The van der Waals surface area contributed by atoms with Gasteiger partial charge in [-0.1, -0.05) is 42.1 Å². The van der Waals surface area contributed by atoms with Crippen molar-refractivity contribution in [2.24, 2.45) is 0 Å². The summed E-state index contributed by atoms with van der Waals surface area (Å²) in [5.74, 6) is 1.04. The highest BCUT2D eigenvalue weighted by Gasteiger charge is 2.06. The van der Waals surface area contributed by atoms with Gasteiger partial charge in [0.25, 0.3) is 0 Å². The van der Waals surface area contributed by atoms with Gasteiger partial charge in [0.05, 0.1) is 3.76 Å². The summed E-state index contributed by atoms with van der Waals surface area (Å²) in [6.45, 7) is 0. The van der Waals surface area contributed by atoms with Crippen LogP contribution in [0, 0.1) is 0 Å². The van der Waals surface area contributed by atoms with Gasteiger partial charge in [0.15, 0.2) is 5.38 Å². The molecule has 0 spiro atoms. The average molecular weight is 226 g/mol. The van der Waals surface area contributed by atoms with E-state index in [-0.39, 0.29) is 0 Å². The van der Waals surface area contributed by atoms with Gasteiger partial charge >= 0.3 is 0 Å². The van der Waals surface area contributed by atoms with Crippen LogP contribution in [-0.2, 0) is 5.75 Å². The molecule has 0 atom stereocenters. The second-order valence-electron chi connectivity index (χ2n) is 2.48. The van der Waals surface area contributed by atoms with Crippen molar-refractivity contribution in [2.75, 3.05) is 0 Å². The third-order valence-corrected chi connectivity index (χ3v) is 4.58. The topological polar surface area (TPSA) is 12.9 Å². The van der Waals surface area contributed by atoms with Crippen LogP contribution < -0.4 is 0 Å². The fourth-order valence-corrected chi connectivity index (χ4v) is 3.52. The van der Waals surface area contributed by atoms with Crippen molar-refractivity contribution < 1.29 is 0 Å². The molecule has 13 heavy (non-hydrogen) atoms. The first-order valence-electron chi connectivity index (χ1n) is 3.85. The maximum Gasteiger partial charge on any atom is 0.222 e. The van der Waals surface area contributed by atoms with Crippen LogP contribution in [0.2, 0.25) is 0 Å². The van der Waals surface area contributed by atoms with E-state index in [4.69, 9.17) is 0 Å². The third kappa shape index (κ3) is 2.76. The molecule has 0 bridgehead atoms. The van der Waals surface area contributed by atoms with E-state index in [1.54, 1.807) is 11.5 Å². The number of rotatable bonds is 3. The summed E-state index contributed by atoms with van der Waals surface area (Å²) < 4.78 is 5.40. The maximum absolute atomic E-state index is 4.10. The lowest BCUT2D eigenvalue weighted by Gasteiger charge is -1.94. The molecule has 1 aromatic carbocycles. The van der Waals surface area contributed by atoms with Crippen LogP contribution >= 0.6 is 34.8 Å². The van der Waals surface area contributed by atoms with Gasteiger partial charge in [-0.15, -0.1) is 0 Å². The lowest BCUT2D eigenvalue weighted by Crippen LogP contribution is -1.76. The number of hydrogen-bond acceptors (Lipinski definition) is 3. The molecule has 0 fully saturated rings. The molecule has 0 saturated carbocycles. The number of hydrogen-bond donors (Lipinski definition) is 0. The van der Waals surface area contributed by atoms with Gasteiger partial charge in [0.1, 0.15) is 0 Å². The molecule has 1 heterocycles. The fourth-order valence-electron chi connectivity index (χ4n) is 0.933. The number of aromatic nitrogens is 1. The van der Waals surface area contributed by atoms with Crippen molar-refractivity contribution in [1.29, 1.82) is 0 Å². The molecular formula is C9H8NS3+. The SMILES string of the molecule is c1ccc(CSc2c[s+]ns2)cc1. The molecule has 0 N–H and O–H groups in total. The Hall–Kier alpha value is -0.450. The lowest BCUT2D eigenvalue weighted by atomic mass is 10.2. The van der Waals surface area contributed by atoms with Crippen LogP contribution in [0.15, 0.2) is 39.9 Å². The van der Waals surface area contributed by atoms with E-state index >= 15 is 0 Å². The predicted molar refractivity (Wildman–Crippen MR) is 60.4 cm³/mol. The van der Waals surface area contributed by atoms with Gasteiger partial charge in [-0.05, 0) is 5.56 Å². The van der Waals surface area contributed by atoms with Crippen molar-refractivity contribution in [2.45, 2.75) is 9.96 Å². The van der Waals surface area contributed by atoms with Crippen molar-refractivity contribution in [3.8, 4) is 0 Å². The smallest absolute Gasteiger partial charge is 0.0816 e. The molecule has 0 saturated heterocycles. The standard InChI is InChI=1S/C9H8NS3/c1-2-4-8(5-3-1)6-11-9-7-12-10-13-9/h1-5,7H,6H2/q+1. The van der Waals surface area contributed by atoms with Crippen molar-refractivity contribution in [3.63, 3.8) is 0 Å². The van der Waals surface area contributed by atoms with Crippen LogP contribution in [0.1, 0.15) is 5.56 Å². The van der Waals surface area contributed by atoms with Gasteiger partial charge in [-0.25, -0.2) is 0 Å². The summed E-state index contributed by atoms with van der Waals surface area (Å²) in [5.41, 5.74) is 1.37. The summed E-state index contributed by atoms with van der Waals surface area (Å²) in [6.07, 6.45) is 0. The van der Waals surface area contributed by atoms with Crippen molar-refractivity contribution in [1.82, 2.24) is 3.76 Å². The molecule has 0 aliphatic carbocycles. The number of thioether (sulfide) groups is 1. The van der Waals surface area contributed by atoms with E-state index in [9.17, 15) is 0 Å². The molecule has 1 aromatic heterocycles. The van der Waals surface area contributed by atoms with Gasteiger partial charge in [-0.2, -0.15) is 0 Å². The van der Waals surface area contributed by atoms with E-state index in [0.29, 0.717) is 0 Å². The second kappa shape index (κ2) is 4.69. The lowest BCUT2D eigenvalue weighted by molar-refractivity contribution is 1.41. The first-order chi connectivity index (χ1) is 6.45. The van der Waals surface area contributed by atoms with Gasteiger partial charge in [0, 0.05) is 5.75 Å². The van der Waals surface area contributed by atoms with E-state index in [0.717, 1.165) is 5.75 Å². The monoisotopic (exact) mass is 226 g/mol. The highest BCUT2D eigenvalue weighted by molar-refractivity contribution is 8.00. The number of benzene rings is 1. The molecule has 0 unspecified atom stereocenters. The quantitative estimate of drug-likeness (QED) is 0.583. The first kappa shape index (κ1) is 9.12. The third-order valence-electron chi connectivity index (χ3n) is 1.54. The minimum absolute atomic E-state index is 1.04. The van der Waals surface area contributed by atoms with Crippen LogP contribution in [0.4, 0.5) is 0 Å². The Labute approximate surface area is 89.8 Å². The highest BCUT2D eigenvalue weighted by atomic mass is 32.2. The molecule has 4 heteroatoms. The summed E-state index contributed by atoms with van der Waals surface area (Å²) in [6, 6.07) is 10.5. The summed E-state index contributed by atoms with van der Waals surface area (Å²) in [4.78, 5) is 0. The predicted octanol–water partition coefficient (Wildman–Crippen LogP) is 3.78. The first-order valence-corrected chi connectivity index (χ1v) is 6.45. The zero-order chi connectivity index (χ0) is 8.93. The van der Waals surface area contributed by atoms with Crippen molar-refractivity contribution in [3.05, 3.63) is 41.3 Å². The zero-order valence-corrected chi connectivity index (χ0v) is 9.29. The van der Waals surface area contributed by atoms with Crippen LogP contribution in [0.25, 0.3) is 0 Å². The Morgan fingerprint density at radius 2 is 2.15 bits per heavy atom. The minimum Gasteiger partial charge on any atom is -0.0816 e. The van der Waals surface area contributed by atoms with E-state index in [1.807, 2.05) is 17.8 Å². The second-order valence-corrected chi connectivity index (χ2v) is 5.42. The summed E-state index contributed by atoms with van der Waals surface area (Å²) in [5, 5.41) is 2.10. The Morgan fingerprint density at radius 1 is 1.31 bits per heavy atom. The Bertz CT molecular complexity index is 344. The van der Waals surface area contributed by atoms with Crippen LogP contribution in [0.5, 0.6) is 0 Å². The largest absolute Gasteiger partial charge is 0.222 e. The normalized spacial score (nSPS) is 10.2. The molecule has 0 aliphatic heterocycles. The van der Waals surface area contributed by atoms with Gasteiger partial charge in [0.2, 0.25) is 27.3 Å². The molecule has 66 valence electrons. The van der Waals surface area contributed by atoms with E-state index in [2.05, 4.69) is 33.4 Å². The summed E-state index contributed by atoms with van der Waals surface area (Å²) >= 11 is 4.94. The van der Waals surface area contributed by atoms with Gasteiger partial charge < -0.3 is 0 Å². The Balaban J connectivity index is 1.94. The molecule has 2 rings (SSSR count). The molecular weight excluding hydrogens is 218 g/mol. The average Bonchev–Trinajstić information content (AvgIpc) is 2.69. The van der Waals surface area contributed by atoms with Crippen molar-refractivity contribution >= 4 is 34.8 Å². The van der Waals surface area contributed by atoms with E-state index < -0.39 is 0 Å². The molecule has 0 amide bonds. The Morgan fingerprint density at radius 3 is 2.85 bits per heavy atom. The Kier molecular flexibility index (Phi) is 3.29. The van der Waals surface area contributed by atoms with Gasteiger partial charge in [-0.3, -0.25) is 0 Å². The fraction of sp³-hybridized carbons (Fsp3) is 0.111. The summed E-state index contributed by atoms with van der Waals surface area (Å²) in [7, 11) is 0. The highest BCUT2D eigenvalue weighted by Crippen LogP contribution is 2.26. The minimum atomic E-state index is 1.04. The van der Waals surface area contributed by atoms with Crippen LogP contribution in [0.3, 0.4) is 0 Å².